The van der Waals surface area contributed by atoms with Gasteiger partial charge in [0.15, 0.2) is 5.71 Å². The number of sulfonamides is 1. The number of para-hydroxylation sites is 1. The molecule has 1 aromatic carbocycles. The van der Waals surface area contributed by atoms with E-state index in [0.717, 1.165) is 18.2 Å². The van der Waals surface area contributed by atoms with Crippen LogP contribution in [0, 0.1) is 0 Å². The van der Waals surface area contributed by atoms with E-state index in [1.807, 2.05) is 29.2 Å². The first-order chi connectivity index (χ1) is 9.47. The fourth-order valence-electron chi connectivity index (χ4n) is 2.43. The fourth-order valence-corrected chi connectivity index (χ4v) is 3.51. The van der Waals surface area contributed by atoms with Gasteiger partial charge in [-0.1, -0.05) is 18.2 Å². The summed E-state index contributed by atoms with van der Waals surface area (Å²) in [6.45, 7) is 0.869. The van der Waals surface area contributed by atoms with E-state index in [1.165, 1.54) is 5.56 Å². The van der Waals surface area contributed by atoms with Crippen LogP contribution in [0.3, 0.4) is 0 Å². The van der Waals surface area contributed by atoms with Crippen LogP contribution < -0.4 is 4.90 Å². The molecule has 7 heteroatoms. The molecule has 0 saturated carbocycles. The molecule has 2 aliphatic heterocycles. The number of hydrogen-bond acceptors (Lipinski definition) is 4. The highest BCUT2D eigenvalue weighted by Crippen LogP contribution is 2.29. The van der Waals surface area contributed by atoms with E-state index in [0.29, 0.717) is 6.54 Å². The minimum atomic E-state index is -3.84. The van der Waals surface area contributed by atoms with Crippen LogP contribution in [0.15, 0.2) is 39.6 Å². The highest BCUT2D eigenvalue weighted by atomic mass is 32.2. The Hall–Kier alpha value is -2.15. The number of rotatable bonds is 3. The van der Waals surface area contributed by atoms with Gasteiger partial charge < -0.3 is 10.0 Å². The third kappa shape index (κ3) is 2.09. The van der Waals surface area contributed by atoms with Crippen molar-refractivity contribution in [3.8, 4) is 0 Å². The van der Waals surface area contributed by atoms with E-state index in [9.17, 15) is 13.2 Å². The summed E-state index contributed by atoms with van der Waals surface area (Å²) in [5.74, 6) is -1.33. The van der Waals surface area contributed by atoms with Gasteiger partial charge in [-0.05, 0) is 24.1 Å². The molecule has 0 aliphatic carbocycles. The highest BCUT2D eigenvalue weighted by Gasteiger charge is 2.30. The molecule has 0 spiro atoms. The molecule has 0 unspecified atom stereocenters. The van der Waals surface area contributed by atoms with E-state index in [4.69, 9.17) is 5.11 Å². The van der Waals surface area contributed by atoms with Gasteiger partial charge in [-0.3, -0.25) is 0 Å². The van der Waals surface area contributed by atoms with Gasteiger partial charge in [-0.25, -0.2) is 4.79 Å². The van der Waals surface area contributed by atoms with Crippen molar-refractivity contribution in [1.82, 2.24) is 0 Å². The van der Waals surface area contributed by atoms with Crippen molar-refractivity contribution in [2.24, 2.45) is 4.40 Å². The first kappa shape index (κ1) is 12.9. The van der Waals surface area contributed by atoms with E-state index >= 15 is 0 Å². The van der Waals surface area contributed by atoms with Crippen molar-refractivity contribution >= 4 is 27.4 Å². The van der Waals surface area contributed by atoms with Crippen LogP contribution in [-0.4, -0.2) is 38.3 Å². The Labute approximate surface area is 116 Å². The lowest BCUT2D eigenvalue weighted by Gasteiger charge is -2.19. The number of carboxylic acids is 1. The molecule has 6 nitrogen and oxygen atoms in total. The van der Waals surface area contributed by atoms with Crippen molar-refractivity contribution in [2.45, 2.75) is 6.42 Å². The number of fused-ring (bicyclic) bond motifs is 1. The van der Waals surface area contributed by atoms with E-state index in [2.05, 4.69) is 4.40 Å². The van der Waals surface area contributed by atoms with E-state index in [-0.39, 0.29) is 11.4 Å². The Balaban J connectivity index is 1.88. The zero-order valence-electron chi connectivity index (χ0n) is 10.5. The van der Waals surface area contributed by atoms with Gasteiger partial charge >= 0.3 is 5.97 Å². The van der Waals surface area contributed by atoms with Crippen LogP contribution in [0.2, 0.25) is 0 Å². The predicted octanol–water partition coefficient (Wildman–Crippen LogP) is 0.802. The number of aliphatic carboxylic acids is 1. The summed E-state index contributed by atoms with van der Waals surface area (Å²) in [7, 11) is -3.84. The Morgan fingerprint density at radius 1 is 1.35 bits per heavy atom. The zero-order valence-corrected chi connectivity index (χ0v) is 11.3. The third-order valence-corrected chi connectivity index (χ3v) is 4.74. The second-order valence-corrected chi connectivity index (χ2v) is 6.32. The highest BCUT2D eigenvalue weighted by molar-refractivity contribution is 7.94. The maximum Gasteiger partial charge on any atom is 0.355 e. The first-order valence-electron chi connectivity index (χ1n) is 6.09. The number of benzene rings is 1. The van der Waals surface area contributed by atoms with Crippen LogP contribution in [0.4, 0.5) is 5.69 Å². The average molecular weight is 292 g/mol. The van der Waals surface area contributed by atoms with Gasteiger partial charge in [0.05, 0.1) is 11.4 Å². The topological polar surface area (TPSA) is 87.0 Å². The molecule has 0 atom stereocenters. The van der Waals surface area contributed by atoms with Crippen LogP contribution in [0.5, 0.6) is 0 Å². The van der Waals surface area contributed by atoms with Crippen LogP contribution >= 0.6 is 0 Å². The second kappa shape index (κ2) is 4.45. The molecule has 3 rings (SSSR count). The van der Waals surface area contributed by atoms with E-state index < -0.39 is 21.7 Å². The van der Waals surface area contributed by atoms with Gasteiger partial charge in [0, 0.05) is 12.2 Å². The molecule has 2 heterocycles. The fraction of sp³-hybridized carbons (Fsp3) is 0.231. The molecule has 0 amide bonds. The SMILES string of the molecule is O=C(O)C1=NS(=O)(=O)C(CN2CCc3ccccc32)=C1. The summed E-state index contributed by atoms with van der Waals surface area (Å²) < 4.78 is 26.9. The number of anilines is 1. The molecule has 2 aliphatic rings. The Morgan fingerprint density at radius 2 is 2.10 bits per heavy atom. The minimum Gasteiger partial charge on any atom is -0.476 e. The molecule has 0 aromatic heterocycles. The van der Waals surface area contributed by atoms with Crippen LogP contribution in [0.1, 0.15) is 5.56 Å². The zero-order chi connectivity index (χ0) is 14.3. The number of nitrogens with zero attached hydrogens (tertiary/aromatic N) is 2. The van der Waals surface area contributed by atoms with Gasteiger partial charge in [-0.2, -0.15) is 12.8 Å². The van der Waals surface area contributed by atoms with Crippen LogP contribution in [0.25, 0.3) is 0 Å². The van der Waals surface area contributed by atoms with Crippen molar-refractivity contribution in [3.63, 3.8) is 0 Å². The number of carboxylic acid groups (broad SMARTS) is 1. The number of hydrogen-bond donors (Lipinski definition) is 1. The monoisotopic (exact) mass is 292 g/mol. The summed E-state index contributed by atoms with van der Waals surface area (Å²) in [4.78, 5) is 12.8. The molecule has 0 saturated heterocycles. The van der Waals surface area contributed by atoms with Crippen molar-refractivity contribution in [2.75, 3.05) is 18.0 Å². The first-order valence-corrected chi connectivity index (χ1v) is 7.53. The molecule has 0 radical (unpaired) electrons. The largest absolute Gasteiger partial charge is 0.476 e. The predicted molar refractivity (Wildman–Crippen MR) is 74.4 cm³/mol. The lowest BCUT2D eigenvalue weighted by Crippen LogP contribution is -2.24. The number of carbonyl (C=O) groups is 1. The molecule has 0 fully saturated rings. The third-order valence-electron chi connectivity index (χ3n) is 3.40. The lowest BCUT2D eigenvalue weighted by molar-refractivity contribution is -0.129. The van der Waals surface area contributed by atoms with Crippen molar-refractivity contribution in [3.05, 3.63) is 40.8 Å². The smallest absolute Gasteiger partial charge is 0.355 e. The Kier molecular flexibility index (Phi) is 2.86. The normalized spacial score (nSPS) is 19.5. The average Bonchev–Trinajstić information content (AvgIpc) is 2.93. The summed E-state index contributed by atoms with van der Waals surface area (Å²) in [5, 5.41) is 8.83. The van der Waals surface area contributed by atoms with Gasteiger partial charge in [0.2, 0.25) is 0 Å². The second-order valence-electron chi connectivity index (χ2n) is 4.67. The van der Waals surface area contributed by atoms with Crippen molar-refractivity contribution in [1.29, 1.82) is 0 Å². The lowest BCUT2D eigenvalue weighted by atomic mass is 10.2. The summed E-state index contributed by atoms with van der Waals surface area (Å²) in [5.41, 5.74) is 1.74. The Morgan fingerprint density at radius 3 is 2.80 bits per heavy atom. The molecule has 0 bridgehead atoms. The molecule has 20 heavy (non-hydrogen) atoms. The standard InChI is InChI=1S/C13H12N2O4S/c16-13(17)11-7-10(20(18,19)14-11)8-15-6-5-9-3-1-2-4-12(9)15/h1-4,7H,5-6,8H2,(H,16,17). The molecular weight excluding hydrogens is 280 g/mol. The molecular formula is C13H12N2O4S. The summed E-state index contributed by atoms with van der Waals surface area (Å²) >= 11 is 0. The summed E-state index contributed by atoms with van der Waals surface area (Å²) in [6.07, 6.45) is 1.99. The molecule has 104 valence electrons. The molecule has 1 N–H and O–H groups in total. The van der Waals surface area contributed by atoms with Crippen molar-refractivity contribution < 1.29 is 18.3 Å². The van der Waals surface area contributed by atoms with Gasteiger partial charge in [-0.15, -0.1) is 0 Å². The minimum absolute atomic E-state index is 0.0339. The maximum atomic E-state index is 11.8. The Bertz CT molecular complexity index is 749. The van der Waals surface area contributed by atoms with Gasteiger partial charge in [0.25, 0.3) is 10.0 Å². The quantitative estimate of drug-likeness (QED) is 0.890. The maximum absolute atomic E-state index is 11.8. The van der Waals surface area contributed by atoms with E-state index in [1.54, 1.807) is 0 Å². The van der Waals surface area contributed by atoms with Crippen LogP contribution in [-0.2, 0) is 21.2 Å². The van der Waals surface area contributed by atoms with Gasteiger partial charge in [0.1, 0.15) is 0 Å². The molecule has 1 aromatic rings. The summed E-state index contributed by atoms with van der Waals surface area (Å²) in [6, 6.07) is 7.78.